The largest absolute Gasteiger partial charge is 0.312 e. The second-order valence-corrected chi connectivity index (χ2v) is 6.60. The zero-order valence-corrected chi connectivity index (χ0v) is 12.7. The summed E-state index contributed by atoms with van der Waals surface area (Å²) in [7, 11) is 2.09. The van der Waals surface area contributed by atoms with Crippen LogP contribution in [-0.4, -0.2) is 31.6 Å². The number of nitrogens with one attached hydrogen (secondary N) is 1. The Morgan fingerprint density at radius 2 is 1.85 bits per heavy atom. The highest BCUT2D eigenvalue weighted by atomic mass is 15.2. The van der Waals surface area contributed by atoms with Gasteiger partial charge in [0.1, 0.15) is 0 Å². The number of hydrogen-bond donors (Lipinski definition) is 1. The second kappa shape index (κ2) is 6.73. The summed E-state index contributed by atoms with van der Waals surface area (Å²) in [4.78, 5) is 2.70. The van der Waals surface area contributed by atoms with Crippen molar-refractivity contribution in [3.8, 4) is 0 Å². The highest BCUT2D eigenvalue weighted by molar-refractivity contribution is 5.19. The summed E-state index contributed by atoms with van der Waals surface area (Å²) in [6, 6.07) is 11.4. The molecule has 1 aliphatic heterocycles. The van der Waals surface area contributed by atoms with Gasteiger partial charge in [-0.1, -0.05) is 49.6 Å². The highest BCUT2D eigenvalue weighted by Crippen LogP contribution is 2.36. The van der Waals surface area contributed by atoms with Crippen LogP contribution >= 0.6 is 0 Å². The minimum absolute atomic E-state index is 0.469. The first kappa shape index (κ1) is 14.1. The number of likely N-dealkylation sites (tertiary alicyclic amines) is 1. The van der Waals surface area contributed by atoms with Gasteiger partial charge in [0, 0.05) is 19.1 Å². The summed E-state index contributed by atoms with van der Waals surface area (Å²) in [5.41, 5.74) is 1.42. The third kappa shape index (κ3) is 3.24. The van der Waals surface area contributed by atoms with Crippen molar-refractivity contribution < 1.29 is 0 Å². The Balaban J connectivity index is 1.59. The van der Waals surface area contributed by atoms with Crippen LogP contribution in [-0.2, 0) is 0 Å². The van der Waals surface area contributed by atoms with Crippen molar-refractivity contribution in [1.82, 2.24) is 10.2 Å². The molecule has 0 bridgehead atoms. The summed E-state index contributed by atoms with van der Waals surface area (Å²) in [5.74, 6) is 2.01. The normalized spacial score (nSPS) is 28.9. The minimum Gasteiger partial charge on any atom is -0.312 e. The number of rotatable bonds is 4. The van der Waals surface area contributed by atoms with Crippen molar-refractivity contribution in [3.05, 3.63) is 35.9 Å². The lowest BCUT2D eigenvalue weighted by molar-refractivity contribution is 0.0804. The molecule has 1 N–H and O–H groups in total. The molecule has 3 rings (SSSR count). The maximum Gasteiger partial charge on any atom is 0.0446 e. The van der Waals surface area contributed by atoms with Gasteiger partial charge in [-0.3, -0.25) is 0 Å². The fourth-order valence-electron chi connectivity index (χ4n) is 4.15. The topological polar surface area (TPSA) is 15.3 Å². The van der Waals surface area contributed by atoms with Gasteiger partial charge in [-0.25, -0.2) is 0 Å². The molecule has 2 aliphatic rings. The van der Waals surface area contributed by atoms with E-state index in [-0.39, 0.29) is 0 Å². The van der Waals surface area contributed by atoms with E-state index >= 15 is 0 Å². The quantitative estimate of drug-likeness (QED) is 0.903. The Labute approximate surface area is 123 Å². The molecule has 1 heterocycles. The second-order valence-electron chi connectivity index (χ2n) is 6.60. The van der Waals surface area contributed by atoms with Gasteiger partial charge in [0.15, 0.2) is 0 Å². The van der Waals surface area contributed by atoms with Crippen LogP contribution in [0.5, 0.6) is 0 Å². The lowest BCUT2D eigenvalue weighted by Gasteiger charge is -2.42. The van der Waals surface area contributed by atoms with Crippen molar-refractivity contribution in [2.75, 3.05) is 26.7 Å². The van der Waals surface area contributed by atoms with Gasteiger partial charge in [-0.15, -0.1) is 0 Å². The van der Waals surface area contributed by atoms with Gasteiger partial charge in [0.2, 0.25) is 0 Å². The average molecular weight is 272 g/mol. The van der Waals surface area contributed by atoms with Crippen LogP contribution in [0.4, 0.5) is 0 Å². The van der Waals surface area contributed by atoms with Gasteiger partial charge in [-0.2, -0.15) is 0 Å². The maximum absolute atomic E-state index is 3.50. The predicted molar refractivity (Wildman–Crippen MR) is 84.7 cm³/mol. The maximum atomic E-state index is 3.50. The van der Waals surface area contributed by atoms with Gasteiger partial charge in [0.05, 0.1) is 0 Å². The minimum atomic E-state index is 0.469. The molecule has 2 heteroatoms. The zero-order chi connectivity index (χ0) is 13.8. The molecule has 1 saturated heterocycles. The van der Waals surface area contributed by atoms with Gasteiger partial charge in [0.25, 0.3) is 0 Å². The van der Waals surface area contributed by atoms with E-state index in [9.17, 15) is 0 Å². The Morgan fingerprint density at radius 3 is 2.60 bits per heavy atom. The molecule has 2 fully saturated rings. The number of nitrogens with zero attached hydrogens (tertiary/aromatic N) is 1. The number of likely N-dealkylation sites (N-methyl/N-ethyl adjacent to an activating group) is 1. The molecule has 1 aromatic carbocycles. The van der Waals surface area contributed by atoms with Crippen LogP contribution in [0.25, 0.3) is 0 Å². The molecule has 0 aromatic heterocycles. The molecule has 2 nitrogen and oxygen atoms in total. The number of piperidine rings is 1. The average Bonchev–Trinajstić information content (AvgIpc) is 2.53. The fraction of sp³-hybridized carbons (Fsp3) is 0.667. The lowest BCUT2D eigenvalue weighted by Crippen LogP contribution is -2.44. The van der Waals surface area contributed by atoms with E-state index in [0.717, 1.165) is 18.4 Å². The summed E-state index contributed by atoms with van der Waals surface area (Å²) in [5, 5.41) is 3.50. The molecule has 3 atom stereocenters. The molecule has 3 unspecified atom stereocenters. The summed E-state index contributed by atoms with van der Waals surface area (Å²) >= 11 is 0. The zero-order valence-electron chi connectivity index (χ0n) is 12.7. The van der Waals surface area contributed by atoms with Crippen molar-refractivity contribution in [1.29, 1.82) is 0 Å². The first-order chi connectivity index (χ1) is 9.86. The van der Waals surface area contributed by atoms with E-state index in [1.165, 1.54) is 50.8 Å². The molecule has 110 valence electrons. The van der Waals surface area contributed by atoms with E-state index in [4.69, 9.17) is 0 Å². The van der Waals surface area contributed by atoms with E-state index in [0.29, 0.717) is 6.04 Å². The van der Waals surface area contributed by atoms with Crippen LogP contribution in [0.3, 0.4) is 0 Å². The van der Waals surface area contributed by atoms with E-state index in [2.05, 4.69) is 47.6 Å². The van der Waals surface area contributed by atoms with Crippen LogP contribution in [0.2, 0.25) is 0 Å². The summed E-state index contributed by atoms with van der Waals surface area (Å²) in [6.07, 6.45) is 7.33. The van der Waals surface area contributed by atoms with E-state index in [1.54, 1.807) is 0 Å². The molecular weight excluding hydrogens is 244 g/mol. The van der Waals surface area contributed by atoms with Crippen molar-refractivity contribution in [2.45, 2.75) is 38.1 Å². The SMILES string of the molecule is CNC(CN1CCC2CCCCC2C1)c1ccccc1. The van der Waals surface area contributed by atoms with Crippen LogP contribution in [0.1, 0.15) is 43.7 Å². The Hall–Kier alpha value is -0.860. The first-order valence-corrected chi connectivity index (χ1v) is 8.31. The molecule has 1 aliphatic carbocycles. The molecule has 0 amide bonds. The summed E-state index contributed by atoms with van der Waals surface area (Å²) in [6.45, 7) is 3.78. The van der Waals surface area contributed by atoms with E-state index < -0.39 is 0 Å². The molecule has 0 radical (unpaired) electrons. The smallest absolute Gasteiger partial charge is 0.0446 e. The molecule has 20 heavy (non-hydrogen) atoms. The number of hydrogen-bond acceptors (Lipinski definition) is 2. The fourth-order valence-corrected chi connectivity index (χ4v) is 4.15. The number of benzene rings is 1. The molecular formula is C18H28N2. The number of fused-ring (bicyclic) bond motifs is 1. The van der Waals surface area contributed by atoms with Crippen LogP contribution < -0.4 is 5.32 Å². The van der Waals surface area contributed by atoms with Crippen LogP contribution in [0.15, 0.2) is 30.3 Å². The highest BCUT2D eigenvalue weighted by Gasteiger charge is 2.31. The van der Waals surface area contributed by atoms with E-state index in [1.807, 2.05) is 0 Å². The van der Waals surface area contributed by atoms with Gasteiger partial charge in [-0.05, 0) is 43.8 Å². The van der Waals surface area contributed by atoms with Gasteiger partial charge >= 0.3 is 0 Å². The third-order valence-electron chi connectivity index (χ3n) is 5.37. The Bertz CT molecular complexity index is 403. The van der Waals surface area contributed by atoms with Crippen LogP contribution in [0, 0.1) is 11.8 Å². The predicted octanol–water partition coefficient (Wildman–Crippen LogP) is 3.46. The molecule has 1 saturated carbocycles. The van der Waals surface area contributed by atoms with Crippen molar-refractivity contribution >= 4 is 0 Å². The molecule has 1 aromatic rings. The standard InChI is InChI=1S/C18H28N2/c1-19-18(16-8-3-2-4-9-16)14-20-12-11-15-7-5-6-10-17(15)13-20/h2-4,8-9,15,17-19H,5-7,10-14H2,1H3. The Morgan fingerprint density at radius 1 is 1.10 bits per heavy atom. The Kier molecular flexibility index (Phi) is 4.74. The van der Waals surface area contributed by atoms with Crippen molar-refractivity contribution in [3.63, 3.8) is 0 Å². The monoisotopic (exact) mass is 272 g/mol. The van der Waals surface area contributed by atoms with Gasteiger partial charge < -0.3 is 10.2 Å². The lowest BCUT2D eigenvalue weighted by atomic mass is 9.75. The first-order valence-electron chi connectivity index (χ1n) is 8.31. The summed E-state index contributed by atoms with van der Waals surface area (Å²) < 4.78 is 0. The molecule has 0 spiro atoms. The third-order valence-corrected chi connectivity index (χ3v) is 5.37. The van der Waals surface area contributed by atoms with Crippen molar-refractivity contribution in [2.24, 2.45) is 11.8 Å².